The highest BCUT2D eigenvalue weighted by atomic mass is 16.5. The zero-order valence-corrected chi connectivity index (χ0v) is 15.8. The van der Waals surface area contributed by atoms with Crippen molar-refractivity contribution in [2.24, 2.45) is 0 Å². The molecule has 1 aliphatic heterocycles. The molecular weight excluding hydrogens is 332 g/mol. The molecule has 138 valence electrons. The monoisotopic (exact) mass is 358 g/mol. The minimum atomic E-state index is -0.159. The van der Waals surface area contributed by atoms with Crippen molar-refractivity contribution in [3.05, 3.63) is 102 Å². The number of benzene rings is 3. The van der Waals surface area contributed by atoms with E-state index in [2.05, 4.69) is 72.8 Å². The molecule has 3 aromatic carbocycles. The predicted molar refractivity (Wildman–Crippen MR) is 109 cm³/mol. The third-order valence-electron chi connectivity index (χ3n) is 5.48. The molecule has 1 aliphatic rings. The first-order valence-electron chi connectivity index (χ1n) is 9.66. The molecule has 0 bridgehead atoms. The van der Waals surface area contributed by atoms with Crippen molar-refractivity contribution in [2.75, 3.05) is 7.11 Å². The molecule has 0 aromatic heterocycles. The maximum atomic E-state index is 6.78. The Morgan fingerprint density at radius 3 is 1.89 bits per heavy atom. The van der Waals surface area contributed by atoms with Crippen LogP contribution in [0.2, 0.25) is 0 Å². The summed E-state index contributed by atoms with van der Waals surface area (Å²) >= 11 is 0. The Bertz CT molecular complexity index is 799. The summed E-state index contributed by atoms with van der Waals surface area (Å²) < 4.78 is 12.1. The van der Waals surface area contributed by atoms with E-state index in [1.165, 1.54) is 16.7 Å². The van der Waals surface area contributed by atoms with Gasteiger partial charge >= 0.3 is 0 Å². The van der Waals surface area contributed by atoms with Crippen LogP contribution in [0.4, 0.5) is 0 Å². The highest BCUT2D eigenvalue weighted by Crippen LogP contribution is 2.43. The lowest BCUT2D eigenvalue weighted by Gasteiger charge is -2.30. The average molecular weight is 358 g/mol. The number of ether oxygens (including phenoxy) is 2. The molecule has 2 nitrogen and oxygen atoms in total. The highest BCUT2D eigenvalue weighted by molar-refractivity contribution is 5.30. The first-order valence-corrected chi connectivity index (χ1v) is 9.66. The van der Waals surface area contributed by atoms with Gasteiger partial charge in [0.1, 0.15) is 5.75 Å². The largest absolute Gasteiger partial charge is 0.497 e. The van der Waals surface area contributed by atoms with Crippen molar-refractivity contribution in [2.45, 2.75) is 37.4 Å². The minimum absolute atomic E-state index is 0.142. The molecule has 0 N–H and O–H groups in total. The van der Waals surface area contributed by atoms with E-state index in [9.17, 15) is 0 Å². The molecule has 27 heavy (non-hydrogen) atoms. The smallest absolute Gasteiger partial charge is 0.118 e. The van der Waals surface area contributed by atoms with Gasteiger partial charge in [-0.3, -0.25) is 0 Å². The molecule has 0 saturated carbocycles. The van der Waals surface area contributed by atoms with Gasteiger partial charge in [0.25, 0.3) is 0 Å². The molecule has 0 aliphatic carbocycles. The number of hydrogen-bond donors (Lipinski definition) is 0. The van der Waals surface area contributed by atoms with Crippen LogP contribution in [0.25, 0.3) is 0 Å². The van der Waals surface area contributed by atoms with Gasteiger partial charge < -0.3 is 9.47 Å². The van der Waals surface area contributed by atoms with Crippen molar-refractivity contribution in [3.63, 3.8) is 0 Å². The van der Waals surface area contributed by atoms with E-state index in [1.807, 2.05) is 12.1 Å². The lowest BCUT2D eigenvalue weighted by molar-refractivity contribution is -0.0419. The standard InChI is InChI=1S/C25H26O2/c1-26-23-14-12-22(13-15-23)24-16-17-25(27-24,18-20-8-4-2-5-9-20)19-21-10-6-3-7-11-21/h2-15,24H,16-19H2,1H3. The van der Waals surface area contributed by atoms with Crippen molar-refractivity contribution >= 4 is 0 Å². The molecule has 1 saturated heterocycles. The van der Waals surface area contributed by atoms with Crippen LogP contribution in [-0.2, 0) is 17.6 Å². The summed E-state index contributed by atoms with van der Waals surface area (Å²) in [6, 6.07) is 29.7. The van der Waals surface area contributed by atoms with Crippen molar-refractivity contribution in [3.8, 4) is 5.75 Å². The Balaban J connectivity index is 1.58. The molecule has 3 aromatic rings. The Kier molecular flexibility index (Phi) is 5.26. The van der Waals surface area contributed by atoms with Crippen LogP contribution >= 0.6 is 0 Å². The lowest BCUT2D eigenvalue weighted by atomic mass is 9.85. The van der Waals surface area contributed by atoms with E-state index in [0.717, 1.165) is 31.4 Å². The molecule has 0 radical (unpaired) electrons. The van der Waals surface area contributed by atoms with Gasteiger partial charge in [-0.1, -0.05) is 72.8 Å². The maximum absolute atomic E-state index is 6.78. The fourth-order valence-electron chi connectivity index (χ4n) is 4.13. The molecule has 4 rings (SSSR count). The molecule has 1 fully saturated rings. The number of hydrogen-bond acceptors (Lipinski definition) is 2. The van der Waals surface area contributed by atoms with E-state index in [1.54, 1.807) is 7.11 Å². The summed E-state index contributed by atoms with van der Waals surface area (Å²) in [5, 5.41) is 0. The first kappa shape index (κ1) is 17.8. The lowest BCUT2D eigenvalue weighted by Crippen LogP contribution is -2.33. The molecule has 1 heterocycles. The van der Waals surface area contributed by atoms with Crippen LogP contribution in [-0.4, -0.2) is 12.7 Å². The van der Waals surface area contributed by atoms with Gasteiger partial charge in [0.2, 0.25) is 0 Å². The summed E-state index contributed by atoms with van der Waals surface area (Å²) in [5.74, 6) is 0.886. The second-order valence-corrected chi connectivity index (χ2v) is 7.43. The van der Waals surface area contributed by atoms with Gasteiger partial charge in [0.15, 0.2) is 0 Å². The number of methoxy groups -OCH3 is 1. The fourth-order valence-corrected chi connectivity index (χ4v) is 4.13. The van der Waals surface area contributed by atoms with Crippen LogP contribution in [0.1, 0.15) is 35.6 Å². The van der Waals surface area contributed by atoms with Gasteiger partial charge in [0, 0.05) is 12.8 Å². The third kappa shape index (κ3) is 4.23. The zero-order chi connectivity index (χ0) is 18.5. The molecule has 0 amide bonds. The van der Waals surface area contributed by atoms with Crippen molar-refractivity contribution in [1.29, 1.82) is 0 Å². The second kappa shape index (κ2) is 7.98. The van der Waals surface area contributed by atoms with Gasteiger partial charge in [-0.2, -0.15) is 0 Å². The van der Waals surface area contributed by atoms with Gasteiger partial charge in [-0.05, 0) is 41.7 Å². The summed E-state index contributed by atoms with van der Waals surface area (Å²) in [7, 11) is 1.70. The van der Waals surface area contributed by atoms with Gasteiger partial charge in [0.05, 0.1) is 18.8 Å². The Hall–Kier alpha value is -2.58. The summed E-state index contributed by atoms with van der Waals surface area (Å²) in [5.41, 5.74) is 3.75. The van der Waals surface area contributed by atoms with E-state index < -0.39 is 0 Å². The van der Waals surface area contributed by atoms with Crippen LogP contribution in [0.15, 0.2) is 84.9 Å². The van der Waals surface area contributed by atoms with Crippen LogP contribution in [0, 0.1) is 0 Å². The average Bonchev–Trinajstić information content (AvgIpc) is 3.13. The van der Waals surface area contributed by atoms with E-state index in [0.29, 0.717) is 0 Å². The summed E-state index contributed by atoms with van der Waals surface area (Å²) in [4.78, 5) is 0. The minimum Gasteiger partial charge on any atom is -0.497 e. The molecule has 1 atom stereocenters. The third-order valence-corrected chi connectivity index (χ3v) is 5.48. The quantitative estimate of drug-likeness (QED) is 0.557. The van der Waals surface area contributed by atoms with E-state index in [4.69, 9.17) is 9.47 Å². The fraction of sp³-hybridized carbons (Fsp3) is 0.280. The van der Waals surface area contributed by atoms with Crippen LogP contribution in [0.3, 0.4) is 0 Å². The first-order chi connectivity index (χ1) is 13.3. The van der Waals surface area contributed by atoms with Crippen molar-refractivity contribution < 1.29 is 9.47 Å². The van der Waals surface area contributed by atoms with E-state index >= 15 is 0 Å². The normalized spacial score (nSPS) is 18.3. The van der Waals surface area contributed by atoms with Crippen LogP contribution < -0.4 is 4.74 Å². The molecule has 0 spiro atoms. The van der Waals surface area contributed by atoms with Crippen LogP contribution in [0.5, 0.6) is 5.75 Å². The number of rotatable bonds is 6. The Labute approximate surface area is 161 Å². The summed E-state index contributed by atoms with van der Waals surface area (Å²) in [6.45, 7) is 0. The van der Waals surface area contributed by atoms with Crippen molar-refractivity contribution in [1.82, 2.24) is 0 Å². The zero-order valence-electron chi connectivity index (χ0n) is 15.8. The topological polar surface area (TPSA) is 18.5 Å². The second-order valence-electron chi connectivity index (χ2n) is 7.43. The molecule has 2 heteroatoms. The molecule has 1 unspecified atom stereocenters. The maximum Gasteiger partial charge on any atom is 0.118 e. The SMILES string of the molecule is COc1ccc(C2CCC(Cc3ccccc3)(Cc3ccccc3)O2)cc1. The Morgan fingerprint density at radius 2 is 1.37 bits per heavy atom. The molecular formula is C25H26O2. The highest BCUT2D eigenvalue weighted by Gasteiger charge is 2.40. The predicted octanol–water partition coefficient (Wildman–Crippen LogP) is 5.77. The Morgan fingerprint density at radius 1 is 0.815 bits per heavy atom. The van der Waals surface area contributed by atoms with Gasteiger partial charge in [-0.15, -0.1) is 0 Å². The van der Waals surface area contributed by atoms with E-state index in [-0.39, 0.29) is 11.7 Å². The summed E-state index contributed by atoms with van der Waals surface area (Å²) in [6.07, 6.45) is 4.13. The van der Waals surface area contributed by atoms with Gasteiger partial charge in [-0.25, -0.2) is 0 Å².